The molecule has 0 amide bonds. The van der Waals surface area contributed by atoms with Crippen molar-refractivity contribution >= 4 is 9.84 Å². The molecule has 1 aromatic carbocycles. The average Bonchev–Trinajstić information content (AvgIpc) is 2.48. The number of benzene rings is 1. The van der Waals surface area contributed by atoms with Gasteiger partial charge >= 0.3 is 0 Å². The third-order valence-corrected chi connectivity index (χ3v) is 4.66. The highest BCUT2D eigenvalue weighted by atomic mass is 32.2. The Morgan fingerprint density at radius 3 is 2.67 bits per heavy atom. The van der Waals surface area contributed by atoms with Crippen LogP contribution < -0.4 is 10.1 Å². The van der Waals surface area contributed by atoms with Crippen LogP contribution in [0.3, 0.4) is 0 Å². The first-order valence-electron chi connectivity index (χ1n) is 6.90. The van der Waals surface area contributed by atoms with Gasteiger partial charge in [-0.1, -0.05) is 13.0 Å². The zero-order valence-corrected chi connectivity index (χ0v) is 13.5. The van der Waals surface area contributed by atoms with Crippen molar-refractivity contribution in [2.75, 3.05) is 19.9 Å². The number of sulfone groups is 1. The molecule has 1 N–H and O–H groups in total. The number of nitrogens with zero attached hydrogens (tertiary/aromatic N) is 1. The fourth-order valence-corrected chi connectivity index (χ4v) is 2.68. The van der Waals surface area contributed by atoms with Crippen molar-refractivity contribution in [2.24, 2.45) is 0 Å². The summed E-state index contributed by atoms with van der Waals surface area (Å²) in [5, 5.41) is 12.2. The van der Waals surface area contributed by atoms with E-state index in [1.807, 2.05) is 6.92 Å². The van der Waals surface area contributed by atoms with Gasteiger partial charge in [-0.3, -0.25) is 0 Å². The monoisotopic (exact) mass is 310 g/mol. The van der Waals surface area contributed by atoms with Gasteiger partial charge in [0.05, 0.1) is 17.6 Å². The first kappa shape index (κ1) is 17.5. The SMILES string of the molecule is CCC(C#N)(CCCOc1cccc(S(C)(=O)=O)c1)NC. The van der Waals surface area contributed by atoms with E-state index in [9.17, 15) is 13.7 Å². The van der Waals surface area contributed by atoms with Gasteiger partial charge in [0.25, 0.3) is 0 Å². The maximum Gasteiger partial charge on any atom is 0.175 e. The van der Waals surface area contributed by atoms with E-state index in [1.165, 1.54) is 12.3 Å². The van der Waals surface area contributed by atoms with E-state index < -0.39 is 15.4 Å². The normalized spacial score (nSPS) is 14.2. The van der Waals surface area contributed by atoms with Gasteiger partial charge in [0, 0.05) is 6.26 Å². The highest BCUT2D eigenvalue weighted by molar-refractivity contribution is 7.90. The van der Waals surface area contributed by atoms with Crippen molar-refractivity contribution in [2.45, 2.75) is 36.6 Å². The van der Waals surface area contributed by atoms with Crippen LogP contribution >= 0.6 is 0 Å². The van der Waals surface area contributed by atoms with Crippen LogP contribution in [0, 0.1) is 11.3 Å². The lowest BCUT2D eigenvalue weighted by molar-refractivity contribution is 0.281. The second-order valence-electron chi connectivity index (χ2n) is 5.00. The van der Waals surface area contributed by atoms with Crippen LogP contribution in [0.4, 0.5) is 0 Å². The molecule has 21 heavy (non-hydrogen) atoms. The molecule has 0 saturated heterocycles. The third-order valence-electron chi connectivity index (χ3n) is 3.55. The van der Waals surface area contributed by atoms with E-state index in [0.717, 1.165) is 6.42 Å². The van der Waals surface area contributed by atoms with Gasteiger partial charge in [0.1, 0.15) is 11.3 Å². The van der Waals surface area contributed by atoms with E-state index in [0.29, 0.717) is 25.2 Å². The number of nitrogens with one attached hydrogen (secondary N) is 1. The number of hydrogen-bond acceptors (Lipinski definition) is 5. The molecule has 0 heterocycles. The highest BCUT2D eigenvalue weighted by Gasteiger charge is 2.24. The molecule has 0 fully saturated rings. The van der Waals surface area contributed by atoms with E-state index in [1.54, 1.807) is 25.2 Å². The van der Waals surface area contributed by atoms with Gasteiger partial charge in [-0.2, -0.15) is 5.26 Å². The molecule has 1 atom stereocenters. The molecular formula is C15H22N2O3S. The van der Waals surface area contributed by atoms with Crippen LogP contribution in [0.25, 0.3) is 0 Å². The molecule has 0 aromatic heterocycles. The molecule has 1 aromatic rings. The summed E-state index contributed by atoms with van der Waals surface area (Å²) in [6.45, 7) is 2.41. The molecule has 0 aliphatic carbocycles. The van der Waals surface area contributed by atoms with Gasteiger partial charge < -0.3 is 10.1 Å². The largest absolute Gasteiger partial charge is 0.494 e. The zero-order chi connectivity index (χ0) is 15.9. The molecule has 1 rings (SSSR count). The Balaban J connectivity index is 2.56. The topological polar surface area (TPSA) is 79.2 Å². The van der Waals surface area contributed by atoms with E-state index >= 15 is 0 Å². The zero-order valence-electron chi connectivity index (χ0n) is 12.7. The standard InChI is InChI=1S/C15H22N2O3S/c1-4-15(12-16,17-2)9-6-10-20-13-7-5-8-14(11-13)21(3,18)19/h5,7-8,11,17H,4,6,9-10H2,1-3H3. The summed E-state index contributed by atoms with van der Waals surface area (Å²) >= 11 is 0. The Morgan fingerprint density at radius 2 is 2.14 bits per heavy atom. The van der Waals surface area contributed by atoms with Gasteiger partial charge in [-0.05, 0) is 44.5 Å². The minimum atomic E-state index is -3.22. The summed E-state index contributed by atoms with van der Waals surface area (Å²) in [6, 6.07) is 8.74. The number of rotatable bonds is 8. The Kier molecular flexibility index (Phi) is 6.19. The van der Waals surface area contributed by atoms with Crippen LogP contribution in [0.2, 0.25) is 0 Å². The molecule has 6 heteroatoms. The first-order chi connectivity index (χ1) is 9.87. The molecule has 116 valence electrons. The highest BCUT2D eigenvalue weighted by Crippen LogP contribution is 2.19. The van der Waals surface area contributed by atoms with Gasteiger partial charge in [0.15, 0.2) is 9.84 Å². The molecule has 0 aliphatic heterocycles. The molecule has 0 spiro atoms. The average molecular weight is 310 g/mol. The number of nitriles is 1. The summed E-state index contributed by atoms with van der Waals surface area (Å²) < 4.78 is 28.5. The minimum Gasteiger partial charge on any atom is -0.494 e. The van der Waals surface area contributed by atoms with Crippen molar-refractivity contribution in [3.8, 4) is 11.8 Å². The van der Waals surface area contributed by atoms with Crippen LogP contribution in [0.5, 0.6) is 5.75 Å². The van der Waals surface area contributed by atoms with Crippen molar-refractivity contribution in [1.29, 1.82) is 5.26 Å². The van der Waals surface area contributed by atoms with Crippen molar-refractivity contribution < 1.29 is 13.2 Å². The lowest BCUT2D eigenvalue weighted by Crippen LogP contribution is -2.41. The smallest absolute Gasteiger partial charge is 0.175 e. The van der Waals surface area contributed by atoms with Gasteiger partial charge in [-0.25, -0.2) is 8.42 Å². The maximum absolute atomic E-state index is 11.5. The van der Waals surface area contributed by atoms with Crippen LogP contribution in [0.1, 0.15) is 26.2 Å². The Bertz CT molecular complexity index is 602. The van der Waals surface area contributed by atoms with Crippen LogP contribution in [-0.4, -0.2) is 33.9 Å². The molecule has 0 radical (unpaired) electrons. The van der Waals surface area contributed by atoms with Crippen molar-refractivity contribution in [3.63, 3.8) is 0 Å². The first-order valence-corrected chi connectivity index (χ1v) is 8.79. The minimum absolute atomic E-state index is 0.246. The predicted molar refractivity (Wildman–Crippen MR) is 82.0 cm³/mol. The van der Waals surface area contributed by atoms with Crippen LogP contribution in [0.15, 0.2) is 29.2 Å². The summed E-state index contributed by atoms with van der Waals surface area (Å²) in [4.78, 5) is 0.246. The molecule has 1 unspecified atom stereocenters. The lowest BCUT2D eigenvalue weighted by Gasteiger charge is -2.24. The third kappa shape index (κ3) is 5.03. The summed E-state index contributed by atoms with van der Waals surface area (Å²) in [6.07, 6.45) is 3.29. The van der Waals surface area contributed by atoms with Crippen molar-refractivity contribution in [3.05, 3.63) is 24.3 Å². The van der Waals surface area contributed by atoms with E-state index in [-0.39, 0.29) is 4.90 Å². The molecular weight excluding hydrogens is 288 g/mol. The molecule has 0 bridgehead atoms. The van der Waals surface area contributed by atoms with Gasteiger partial charge in [0.2, 0.25) is 0 Å². The Hall–Kier alpha value is -1.58. The van der Waals surface area contributed by atoms with Gasteiger partial charge in [-0.15, -0.1) is 0 Å². The van der Waals surface area contributed by atoms with E-state index in [2.05, 4.69) is 11.4 Å². The fourth-order valence-electron chi connectivity index (χ4n) is 2.03. The van der Waals surface area contributed by atoms with Crippen LogP contribution in [-0.2, 0) is 9.84 Å². The molecule has 0 saturated carbocycles. The second kappa shape index (κ2) is 7.43. The van der Waals surface area contributed by atoms with Crippen molar-refractivity contribution in [1.82, 2.24) is 5.32 Å². The summed E-state index contributed by atoms with van der Waals surface area (Å²) in [5.41, 5.74) is -0.516. The lowest BCUT2D eigenvalue weighted by atomic mass is 9.92. The quantitative estimate of drug-likeness (QED) is 0.744. The maximum atomic E-state index is 11.5. The number of hydrogen-bond donors (Lipinski definition) is 1. The summed E-state index contributed by atoms with van der Waals surface area (Å²) in [7, 11) is -1.44. The fraction of sp³-hybridized carbons (Fsp3) is 0.533. The predicted octanol–water partition coefficient (Wildman–Crippen LogP) is 2.14. The molecule has 5 nitrogen and oxygen atoms in total. The molecule has 0 aliphatic rings. The number of ether oxygens (including phenoxy) is 1. The summed E-state index contributed by atoms with van der Waals surface area (Å²) in [5.74, 6) is 0.529. The van der Waals surface area contributed by atoms with E-state index in [4.69, 9.17) is 4.74 Å². The second-order valence-corrected chi connectivity index (χ2v) is 7.01. The Morgan fingerprint density at radius 1 is 1.43 bits per heavy atom. The Labute approximate surface area is 126 Å².